The Kier molecular flexibility index (Phi) is 5.40. The van der Waals surface area contributed by atoms with Gasteiger partial charge < -0.3 is 14.4 Å². The van der Waals surface area contributed by atoms with Gasteiger partial charge in [-0.25, -0.2) is 4.98 Å². The zero-order valence-corrected chi connectivity index (χ0v) is 15.7. The standard InChI is InChI=1S/C20H25N3O3/c1-13(2)20(24)23-9-8-15(12-23)19-21-14(3)10-18(22-19)26-17-7-5-6-16(11-17)25-4/h5-7,10-11,13,15H,8-9,12H2,1-4H3. The van der Waals surface area contributed by atoms with Crippen molar-refractivity contribution in [3.63, 3.8) is 0 Å². The van der Waals surface area contributed by atoms with Gasteiger partial charge in [-0.05, 0) is 25.5 Å². The number of aryl methyl sites for hydroxylation is 1. The van der Waals surface area contributed by atoms with Crippen LogP contribution in [0.2, 0.25) is 0 Å². The van der Waals surface area contributed by atoms with Gasteiger partial charge in [-0.15, -0.1) is 0 Å². The van der Waals surface area contributed by atoms with E-state index in [1.165, 1.54) is 0 Å². The Morgan fingerprint density at radius 1 is 1.23 bits per heavy atom. The number of carbonyl (C=O) groups excluding carboxylic acids is 1. The maximum atomic E-state index is 12.2. The number of likely N-dealkylation sites (tertiary alicyclic amines) is 1. The highest BCUT2D eigenvalue weighted by Gasteiger charge is 2.30. The second-order valence-corrected chi connectivity index (χ2v) is 6.91. The molecule has 6 heteroatoms. The molecule has 0 bridgehead atoms. The molecule has 0 spiro atoms. The highest BCUT2D eigenvalue weighted by atomic mass is 16.5. The van der Waals surface area contributed by atoms with Crippen LogP contribution < -0.4 is 9.47 Å². The maximum absolute atomic E-state index is 12.2. The first kappa shape index (κ1) is 18.2. The van der Waals surface area contributed by atoms with E-state index in [2.05, 4.69) is 9.97 Å². The highest BCUT2D eigenvalue weighted by Crippen LogP contribution is 2.29. The number of aromatic nitrogens is 2. The molecule has 0 radical (unpaired) electrons. The van der Waals surface area contributed by atoms with Crippen molar-refractivity contribution < 1.29 is 14.3 Å². The van der Waals surface area contributed by atoms with Crippen LogP contribution in [-0.2, 0) is 4.79 Å². The lowest BCUT2D eigenvalue weighted by Crippen LogP contribution is -2.32. The van der Waals surface area contributed by atoms with Gasteiger partial charge in [0.15, 0.2) is 0 Å². The zero-order valence-electron chi connectivity index (χ0n) is 15.7. The largest absolute Gasteiger partial charge is 0.497 e. The monoisotopic (exact) mass is 355 g/mol. The molecule has 26 heavy (non-hydrogen) atoms. The minimum absolute atomic E-state index is 0.0131. The van der Waals surface area contributed by atoms with E-state index in [1.807, 2.05) is 56.0 Å². The molecular formula is C20H25N3O3. The molecule has 0 aliphatic carbocycles. The van der Waals surface area contributed by atoms with E-state index in [9.17, 15) is 4.79 Å². The van der Waals surface area contributed by atoms with E-state index < -0.39 is 0 Å². The molecule has 1 unspecified atom stereocenters. The second kappa shape index (κ2) is 7.72. The number of methoxy groups -OCH3 is 1. The Bertz CT molecular complexity index is 792. The van der Waals surface area contributed by atoms with Gasteiger partial charge in [0, 0.05) is 42.8 Å². The molecule has 3 rings (SSSR count). The lowest BCUT2D eigenvalue weighted by atomic mass is 10.1. The van der Waals surface area contributed by atoms with Crippen LogP contribution in [0.4, 0.5) is 0 Å². The molecule has 0 saturated carbocycles. The Labute approximate surface area is 154 Å². The first-order chi connectivity index (χ1) is 12.5. The third-order valence-corrected chi connectivity index (χ3v) is 4.47. The molecule has 1 aliphatic rings. The fraction of sp³-hybridized carbons (Fsp3) is 0.450. The summed E-state index contributed by atoms with van der Waals surface area (Å²) in [6.07, 6.45) is 0.876. The molecule has 1 fully saturated rings. The highest BCUT2D eigenvalue weighted by molar-refractivity contribution is 5.78. The maximum Gasteiger partial charge on any atom is 0.225 e. The molecule has 1 amide bonds. The van der Waals surface area contributed by atoms with E-state index in [0.717, 1.165) is 30.2 Å². The molecule has 6 nitrogen and oxygen atoms in total. The van der Waals surface area contributed by atoms with E-state index in [-0.39, 0.29) is 17.7 Å². The topological polar surface area (TPSA) is 64.6 Å². The van der Waals surface area contributed by atoms with E-state index in [4.69, 9.17) is 9.47 Å². The van der Waals surface area contributed by atoms with Crippen LogP contribution in [0.3, 0.4) is 0 Å². The molecule has 1 aromatic carbocycles. The number of ether oxygens (including phenoxy) is 2. The average molecular weight is 355 g/mol. The van der Waals surface area contributed by atoms with Gasteiger partial charge in [0.2, 0.25) is 11.8 Å². The summed E-state index contributed by atoms with van der Waals surface area (Å²) in [6, 6.07) is 9.22. The Morgan fingerprint density at radius 2 is 2.00 bits per heavy atom. The number of carbonyl (C=O) groups is 1. The molecule has 1 atom stereocenters. The van der Waals surface area contributed by atoms with Gasteiger partial charge in [0.1, 0.15) is 17.3 Å². The van der Waals surface area contributed by atoms with Crippen molar-refractivity contribution >= 4 is 5.91 Å². The molecule has 1 saturated heterocycles. The van der Waals surface area contributed by atoms with Crippen molar-refractivity contribution in [1.82, 2.24) is 14.9 Å². The predicted octanol–water partition coefficient (Wildman–Crippen LogP) is 3.56. The smallest absolute Gasteiger partial charge is 0.225 e. The van der Waals surface area contributed by atoms with Crippen LogP contribution in [0.5, 0.6) is 17.4 Å². The van der Waals surface area contributed by atoms with Gasteiger partial charge in [-0.1, -0.05) is 19.9 Å². The summed E-state index contributed by atoms with van der Waals surface area (Å²) in [5.41, 5.74) is 0.849. The first-order valence-electron chi connectivity index (χ1n) is 8.92. The van der Waals surface area contributed by atoms with Crippen LogP contribution in [0.15, 0.2) is 30.3 Å². The Morgan fingerprint density at radius 3 is 2.73 bits per heavy atom. The lowest BCUT2D eigenvalue weighted by Gasteiger charge is -2.18. The number of rotatable bonds is 5. The molecule has 1 aromatic heterocycles. The fourth-order valence-corrected chi connectivity index (χ4v) is 3.12. The van der Waals surface area contributed by atoms with Gasteiger partial charge in [0.25, 0.3) is 0 Å². The minimum atomic E-state index is 0.0131. The van der Waals surface area contributed by atoms with Crippen LogP contribution in [-0.4, -0.2) is 41.0 Å². The quantitative estimate of drug-likeness (QED) is 0.820. The van der Waals surface area contributed by atoms with Crippen molar-refractivity contribution in [1.29, 1.82) is 0 Å². The normalized spacial score (nSPS) is 16.8. The van der Waals surface area contributed by atoms with Crippen molar-refractivity contribution in [3.05, 3.63) is 41.9 Å². The van der Waals surface area contributed by atoms with Crippen LogP contribution >= 0.6 is 0 Å². The number of hydrogen-bond acceptors (Lipinski definition) is 5. The number of benzene rings is 1. The van der Waals surface area contributed by atoms with Gasteiger partial charge >= 0.3 is 0 Å². The van der Waals surface area contributed by atoms with Gasteiger partial charge in [-0.3, -0.25) is 4.79 Å². The zero-order chi connectivity index (χ0) is 18.7. The van der Waals surface area contributed by atoms with E-state index in [1.54, 1.807) is 7.11 Å². The van der Waals surface area contributed by atoms with Crippen LogP contribution in [0.1, 0.15) is 37.7 Å². The third kappa shape index (κ3) is 4.12. The van der Waals surface area contributed by atoms with Crippen molar-refractivity contribution in [3.8, 4) is 17.4 Å². The summed E-state index contributed by atoms with van der Waals surface area (Å²) in [5, 5.41) is 0. The van der Waals surface area contributed by atoms with Crippen LogP contribution in [0, 0.1) is 12.8 Å². The van der Waals surface area contributed by atoms with E-state index in [0.29, 0.717) is 18.2 Å². The van der Waals surface area contributed by atoms with Crippen molar-refractivity contribution in [2.75, 3.05) is 20.2 Å². The lowest BCUT2D eigenvalue weighted by molar-refractivity contribution is -0.133. The summed E-state index contributed by atoms with van der Waals surface area (Å²) in [7, 11) is 1.62. The molecule has 0 N–H and O–H groups in total. The predicted molar refractivity (Wildman–Crippen MR) is 98.6 cm³/mol. The number of amides is 1. The summed E-state index contributed by atoms with van der Waals surface area (Å²) < 4.78 is 11.1. The number of hydrogen-bond donors (Lipinski definition) is 0. The SMILES string of the molecule is COc1cccc(Oc2cc(C)nc(C3CCN(C(=O)C(C)C)C3)n2)c1. The molecule has 2 aromatic rings. The molecule has 1 aliphatic heterocycles. The minimum Gasteiger partial charge on any atom is -0.497 e. The van der Waals surface area contributed by atoms with Crippen LogP contribution in [0.25, 0.3) is 0 Å². The summed E-state index contributed by atoms with van der Waals surface area (Å²) >= 11 is 0. The summed E-state index contributed by atoms with van der Waals surface area (Å²) in [6.45, 7) is 7.21. The van der Waals surface area contributed by atoms with Gasteiger partial charge in [-0.2, -0.15) is 4.98 Å². The van der Waals surface area contributed by atoms with E-state index >= 15 is 0 Å². The van der Waals surface area contributed by atoms with Gasteiger partial charge in [0.05, 0.1) is 7.11 Å². The summed E-state index contributed by atoms with van der Waals surface area (Å²) in [4.78, 5) is 23.3. The Balaban J connectivity index is 1.77. The molecular weight excluding hydrogens is 330 g/mol. The fourth-order valence-electron chi connectivity index (χ4n) is 3.12. The summed E-state index contributed by atoms with van der Waals surface area (Å²) in [5.74, 6) is 2.98. The molecule has 138 valence electrons. The van der Waals surface area contributed by atoms with Crippen molar-refractivity contribution in [2.45, 2.75) is 33.1 Å². The average Bonchev–Trinajstić information content (AvgIpc) is 3.10. The third-order valence-electron chi connectivity index (χ3n) is 4.47. The first-order valence-corrected chi connectivity index (χ1v) is 8.92. The molecule has 2 heterocycles. The van der Waals surface area contributed by atoms with Crippen molar-refractivity contribution in [2.24, 2.45) is 5.92 Å². The number of nitrogens with zero attached hydrogens (tertiary/aromatic N) is 3. The second-order valence-electron chi connectivity index (χ2n) is 6.91. The Hall–Kier alpha value is -2.63.